The lowest BCUT2D eigenvalue weighted by Crippen LogP contribution is -2.42. The molecule has 3 aromatic rings. The second kappa shape index (κ2) is 8.57. The number of hydrogen-bond acceptors (Lipinski definition) is 5. The third-order valence-electron chi connectivity index (χ3n) is 5.66. The highest BCUT2D eigenvalue weighted by Crippen LogP contribution is 2.21. The summed E-state index contributed by atoms with van der Waals surface area (Å²) in [6.07, 6.45) is 4.78. The van der Waals surface area contributed by atoms with Gasteiger partial charge >= 0.3 is 0 Å². The van der Waals surface area contributed by atoms with Gasteiger partial charge in [-0.05, 0) is 56.5 Å². The zero-order valence-electron chi connectivity index (χ0n) is 17.3. The van der Waals surface area contributed by atoms with Crippen LogP contribution in [0, 0.1) is 19.8 Å². The van der Waals surface area contributed by atoms with Crippen LogP contribution in [-0.2, 0) is 11.3 Å². The number of nitrogens with one attached hydrogen (secondary N) is 1. The number of likely N-dealkylation sites (tertiary alicyclic amines) is 1. The van der Waals surface area contributed by atoms with E-state index >= 15 is 0 Å². The van der Waals surface area contributed by atoms with Crippen LogP contribution in [0.5, 0.6) is 0 Å². The van der Waals surface area contributed by atoms with Gasteiger partial charge in [0.05, 0.1) is 22.4 Å². The molecule has 0 radical (unpaired) electrons. The average molecular weight is 403 g/mol. The number of aromatic nitrogens is 3. The molecule has 7 heteroatoms. The van der Waals surface area contributed by atoms with Gasteiger partial charge in [0.25, 0.3) is 5.91 Å². The number of aryl methyl sites for hydroxylation is 2. The van der Waals surface area contributed by atoms with Crippen LogP contribution in [0.2, 0.25) is 0 Å². The monoisotopic (exact) mass is 403 g/mol. The Morgan fingerprint density at radius 3 is 2.50 bits per heavy atom. The molecule has 1 fully saturated rings. The zero-order chi connectivity index (χ0) is 21.1. The highest BCUT2D eigenvalue weighted by atomic mass is 16.2. The minimum absolute atomic E-state index is 0.0221. The van der Waals surface area contributed by atoms with Gasteiger partial charge in [0.1, 0.15) is 0 Å². The molecule has 1 aliphatic rings. The number of carbonyl (C=O) groups is 2. The molecular weight excluding hydrogens is 378 g/mol. The van der Waals surface area contributed by atoms with Crippen LogP contribution >= 0.6 is 0 Å². The fraction of sp³-hybridized carbons (Fsp3) is 0.348. The molecule has 30 heavy (non-hydrogen) atoms. The van der Waals surface area contributed by atoms with Gasteiger partial charge in [-0.25, -0.2) is 9.97 Å². The van der Waals surface area contributed by atoms with Crippen LogP contribution in [0.15, 0.2) is 42.7 Å². The number of nitrogens with zero attached hydrogens (tertiary/aromatic N) is 4. The minimum atomic E-state index is -0.0705. The minimum Gasteiger partial charge on any atom is -0.352 e. The molecule has 0 spiro atoms. The van der Waals surface area contributed by atoms with Gasteiger partial charge in [-0.2, -0.15) is 0 Å². The Labute approximate surface area is 175 Å². The number of benzene rings is 1. The van der Waals surface area contributed by atoms with Crippen LogP contribution in [0.1, 0.15) is 40.2 Å². The number of amides is 2. The van der Waals surface area contributed by atoms with Crippen molar-refractivity contribution in [2.45, 2.75) is 33.2 Å². The Bertz CT molecular complexity index is 1080. The van der Waals surface area contributed by atoms with E-state index in [1.54, 1.807) is 18.5 Å². The second-order valence-electron chi connectivity index (χ2n) is 7.74. The molecule has 0 saturated carbocycles. The second-order valence-corrected chi connectivity index (χ2v) is 7.74. The molecule has 2 amide bonds. The van der Waals surface area contributed by atoms with E-state index in [9.17, 15) is 9.59 Å². The molecule has 1 aromatic carbocycles. The predicted molar refractivity (Wildman–Crippen MR) is 114 cm³/mol. The van der Waals surface area contributed by atoms with Crippen molar-refractivity contribution in [2.24, 2.45) is 5.92 Å². The van der Waals surface area contributed by atoms with E-state index in [2.05, 4.69) is 20.3 Å². The van der Waals surface area contributed by atoms with E-state index in [1.165, 1.54) is 0 Å². The fourth-order valence-electron chi connectivity index (χ4n) is 3.73. The molecule has 0 unspecified atom stereocenters. The first-order chi connectivity index (χ1) is 14.5. The fourth-order valence-corrected chi connectivity index (χ4v) is 3.73. The van der Waals surface area contributed by atoms with Crippen molar-refractivity contribution < 1.29 is 9.59 Å². The highest BCUT2D eigenvalue weighted by molar-refractivity contribution is 5.97. The summed E-state index contributed by atoms with van der Waals surface area (Å²) in [7, 11) is 0. The number of fused-ring (bicyclic) bond motifs is 1. The topological polar surface area (TPSA) is 88.1 Å². The number of rotatable bonds is 4. The summed E-state index contributed by atoms with van der Waals surface area (Å²) >= 11 is 0. The quantitative estimate of drug-likeness (QED) is 0.724. The van der Waals surface area contributed by atoms with E-state index in [-0.39, 0.29) is 17.7 Å². The lowest BCUT2D eigenvalue weighted by atomic mass is 9.95. The van der Waals surface area contributed by atoms with E-state index < -0.39 is 0 Å². The Hall–Kier alpha value is -3.35. The predicted octanol–water partition coefficient (Wildman–Crippen LogP) is 2.81. The maximum absolute atomic E-state index is 13.0. The molecule has 7 nitrogen and oxygen atoms in total. The Balaban J connectivity index is 1.35. The summed E-state index contributed by atoms with van der Waals surface area (Å²) < 4.78 is 0. The molecule has 154 valence electrons. The van der Waals surface area contributed by atoms with Crippen LogP contribution in [-0.4, -0.2) is 44.8 Å². The maximum atomic E-state index is 13.0. The lowest BCUT2D eigenvalue weighted by molar-refractivity contribution is -0.126. The van der Waals surface area contributed by atoms with Crippen molar-refractivity contribution in [3.05, 3.63) is 65.2 Å². The van der Waals surface area contributed by atoms with Crippen molar-refractivity contribution in [2.75, 3.05) is 13.1 Å². The third-order valence-corrected chi connectivity index (χ3v) is 5.66. The van der Waals surface area contributed by atoms with Gasteiger partial charge in [0, 0.05) is 43.5 Å². The van der Waals surface area contributed by atoms with Crippen LogP contribution < -0.4 is 5.32 Å². The van der Waals surface area contributed by atoms with Gasteiger partial charge in [-0.1, -0.05) is 6.07 Å². The molecule has 0 aliphatic carbocycles. The Kier molecular flexibility index (Phi) is 5.70. The number of hydrogen-bond donors (Lipinski definition) is 1. The summed E-state index contributed by atoms with van der Waals surface area (Å²) in [6.45, 7) is 5.46. The lowest BCUT2D eigenvalue weighted by Gasteiger charge is -2.31. The number of piperidine rings is 1. The zero-order valence-corrected chi connectivity index (χ0v) is 17.3. The molecule has 4 rings (SSSR count). The van der Waals surface area contributed by atoms with Crippen LogP contribution in [0.4, 0.5) is 0 Å². The van der Waals surface area contributed by atoms with Crippen molar-refractivity contribution in [1.82, 2.24) is 25.2 Å². The molecule has 3 heterocycles. The summed E-state index contributed by atoms with van der Waals surface area (Å²) in [5.41, 5.74) is 4.87. The van der Waals surface area contributed by atoms with E-state index in [1.807, 2.05) is 43.0 Å². The standard InChI is InChI=1S/C23H25N5O2/c1-15-16(2)27-21-12-19(5-6-20(21)26-15)23(30)28-10-7-18(8-11-28)22(29)25-14-17-4-3-9-24-13-17/h3-6,9,12-13,18H,7-8,10-11,14H2,1-2H3,(H,25,29). The smallest absolute Gasteiger partial charge is 0.253 e. The van der Waals surface area contributed by atoms with E-state index in [0.717, 1.165) is 28.0 Å². The van der Waals surface area contributed by atoms with Crippen molar-refractivity contribution >= 4 is 22.8 Å². The first-order valence-electron chi connectivity index (χ1n) is 10.2. The third kappa shape index (κ3) is 4.30. The molecular formula is C23H25N5O2. The molecule has 1 aliphatic heterocycles. The van der Waals surface area contributed by atoms with Crippen molar-refractivity contribution in [1.29, 1.82) is 0 Å². The van der Waals surface area contributed by atoms with Gasteiger partial charge in [-0.15, -0.1) is 0 Å². The summed E-state index contributed by atoms with van der Waals surface area (Å²) in [5.74, 6) is -0.0530. The molecule has 0 atom stereocenters. The van der Waals surface area contributed by atoms with Gasteiger partial charge < -0.3 is 10.2 Å². The number of pyridine rings is 1. The van der Waals surface area contributed by atoms with E-state index in [4.69, 9.17) is 0 Å². The van der Waals surface area contributed by atoms with Gasteiger partial charge in [0.2, 0.25) is 5.91 Å². The van der Waals surface area contributed by atoms with E-state index in [0.29, 0.717) is 38.0 Å². The normalized spacial score (nSPS) is 14.7. The van der Waals surface area contributed by atoms with Gasteiger partial charge in [0.15, 0.2) is 0 Å². The molecule has 0 bridgehead atoms. The van der Waals surface area contributed by atoms with Gasteiger partial charge in [-0.3, -0.25) is 14.6 Å². The summed E-state index contributed by atoms with van der Waals surface area (Å²) in [6, 6.07) is 9.25. The summed E-state index contributed by atoms with van der Waals surface area (Å²) in [4.78, 5) is 40.4. The molecule has 1 saturated heterocycles. The van der Waals surface area contributed by atoms with Crippen molar-refractivity contribution in [3.8, 4) is 0 Å². The Morgan fingerprint density at radius 2 is 1.80 bits per heavy atom. The maximum Gasteiger partial charge on any atom is 0.253 e. The largest absolute Gasteiger partial charge is 0.352 e. The molecule has 1 N–H and O–H groups in total. The average Bonchev–Trinajstić information content (AvgIpc) is 2.78. The van der Waals surface area contributed by atoms with Crippen molar-refractivity contribution in [3.63, 3.8) is 0 Å². The highest BCUT2D eigenvalue weighted by Gasteiger charge is 2.28. The summed E-state index contributed by atoms with van der Waals surface area (Å²) in [5, 5.41) is 2.98. The van der Waals surface area contributed by atoms with Crippen LogP contribution in [0.25, 0.3) is 11.0 Å². The Morgan fingerprint density at radius 1 is 1.07 bits per heavy atom. The first-order valence-corrected chi connectivity index (χ1v) is 10.2. The first kappa shape index (κ1) is 19.9. The molecule has 2 aromatic heterocycles. The SMILES string of the molecule is Cc1nc2ccc(C(=O)N3CCC(C(=O)NCc4cccnc4)CC3)cc2nc1C. The number of carbonyl (C=O) groups excluding carboxylic acids is 2. The van der Waals surface area contributed by atoms with Crippen LogP contribution in [0.3, 0.4) is 0 Å².